The van der Waals surface area contributed by atoms with Crippen molar-refractivity contribution in [2.75, 3.05) is 11.9 Å². The highest BCUT2D eigenvalue weighted by molar-refractivity contribution is 5.93. The van der Waals surface area contributed by atoms with Gasteiger partial charge < -0.3 is 10.6 Å². The summed E-state index contributed by atoms with van der Waals surface area (Å²) < 4.78 is 13.0. The van der Waals surface area contributed by atoms with Crippen molar-refractivity contribution in [2.24, 2.45) is 0 Å². The average molecular weight is 350 g/mol. The van der Waals surface area contributed by atoms with Crippen LogP contribution in [0, 0.1) is 12.7 Å². The molecule has 5 nitrogen and oxygen atoms in total. The summed E-state index contributed by atoms with van der Waals surface area (Å²) in [5.41, 5.74) is 2.13. The van der Waals surface area contributed by atoms with Gasteiger partial charge in [-0.1, -0.05) is 30.3 Å². The Morgan fingerprint density at radius 2 is 1.77 bits per heavy atom. The number of hydrogen-bond donors (Lipinski definition) is 2. The number of anilines is 2. The van der Waals surface area contributed by atoms with E-state index in [1.807, 2.05) is 30.3 Å². The minimum absolute atomic E-state index is 0.256. The molecule has 6 heteroatoms. The van der Waals surface area contributed by atoms with Gasteiger partial charge in [-0.15, -0.1) is 0 Å². The molecular formula is C20H19FN4O. The third kappa shape index (κ3) is 4.86. The van der Waals surface area contributed by atoms with Crippen LogP contribution in [0.5, 0.6) is 0 Å². The maximum absolute atomic E-state index is 13.0. The van der Waals surface area contributed by atoms with Gasteiger partial charge in [-0.3, -0.25) is 4.79 Å². The topological polar surface area (TPSA) is 66.9 Å². The number of rotatable bonds is 6. The largest absolute Gasteiger partial charge is 0.350 e. The number of benzene rings is 2. The highest BCUT2D eigenvalue weighted by atomic mass is 19.1. The first-order valence-electron chi connectivity index (χ1n) is 8.30. The van der Waals surface area contributed by atoms with Crippen molar-refractivity contribution in [1.29, 1.82) is 0 Å². The Morgan fingerprint density at radius 3 is 2.50 bits per heavy atom. The van der Waals surface area contributed by atoms with Gasteiger partial charge in [-0.05, 0) is 43.2 Å². The van der Waals surface area contributed by atoms with E-state index in [1.165, 1.54) is 12.1 Å². The molecule has 3 aromatic rings. The highest BCUT2D eigenvalue weighted by Crippen LogP contribution is 2.16. The number of carbonyl (C=O) groups is 1. The van der Waals surface area contributed by atoms with Gasteiger partial charge >= 0.3 is 0 Å². The zero-order chi connectivity index (χ0) is 18.4. The lowest BCUT2D eigenvalue weighted by molar-refractivity contribution is 0.0949. The second-order valence-corrected chi connectivity index (χ2v) is 5.81. The van der Waals surface area contributed by atoms with Crippen molar-refractivity contribution in [3.8, 4) is 0 Å². The standard InChI is InChI=1S/C20H19FN4O/c1-14-23-18(20(26)22-12-11-15-5-3-2-4-6-15)13-19(24-14)25-17-9-7-16(21)8-10-17/h2-10,13H,11-12H2,1H3,(H,22,26)(H,23,24,25). The second-order valence-electron chi connectivity index (χ2n) is 5.81. The molecule has 0 unspecified atom stereocenters. The molecule has 1 heterocycles. The number of hydrogen-bond acceptors (Lipinski definition) is 4. The summed E-state index contributed by atoms with van der Waals surface area (Å²) in [7, 11) is 0. The first-order valence-corrected chi connectivity index (χ1v) is 8.30. The molecule has 2 N–H and O–H groups in total. The Balaban J connectivity index is 1.64. The van der Waals surface area contributed by atoms with Gasteiger partial charge in [0.2, 0.25) is 0 Å². The summed E-state index contributed by atoms with van der Waals surface area (Å²) in [6.45, 7) is 2.24. The SMILES string of the molecule is Cc1nc(Nc2ccc(F)cc2)cc(C(=O)NCCc2ccccc2)n1. The quantitative estimate of drug-likeness (QED) is 0.712. The number of nitrogens with zero attached hydrogens (tertiary/aromatic N) is 2. The lowest BCUT2D eigenvalue weighted by Crippen LogP contribution is -2.27. The molecule has 2 aromatic carbocycles. The Kier molecular flexibility index (Phi) is 5.53. The molecule has 132 valence electrons. The van der Waals surface area contributed by atoms with E-state index in [0.717, 1.165) is 12.0 Å². The summed E-state index contributed by atoms with van der Waals surface area (Å²) in [5.74, 6) is 0.393. The third-order valence-corrected chi connectivity index (χ3v) is 3.73. The molecule has 0 bridgehead atoms. The summed E-state index contributed by atoms with van der Waals surface area (Å²) in [5, 5.41) is 5.92. The van der Waals surface area contributed by atoms with Gasteiger partial charge in [0.1, 0.15) is 23.2 Å². The molecule has 0 spiro atoms. The van der Waals surface area contributed by atoms with Crippen LogP contribution in [0.15, 0.2) is 60.7 Å². The predicted octanol–water partition coefficient (Wildman–Crippen LogP) is 3.64. The monoisotopic (exact) mass is 350 g/mol. The minimum atomic E-state index is -0.312. The Morgan fingerprint density at radius 1 is 1.04 bits per heavy atom. The van der Waals surface area contributed by atoms with E-state index in [-0.39, 0.29) is 17.4 Å². The van der Waals surface area contributed by atoms with Gasteiger partial charge in [0, 0.05) is 18.3 Å². The fourth-order valence-corrected chi connectivity index (χ4v) is 2.48. The van der Waals surface area contributed by atoms with Crippen LogP contribution in [0.3, 0.4) is 0 Å². The van der Waals surface area contributed by atoms with Crippen LogP contribution in [0.4, 0.5) is 15.9 Å². The van der Waals surface area contributed by atoms with Gasteiger partial charge in [-0.25, -0.2) is 14.4 Å². The van der Waals surface area contributed by atoms with E-state index in [2.05, 4.69) is 20.6 Å². The van der Waals surface area contributed by atoms with Crippen LogP contribution in [0.25, 0.3) is 0 Å². The van der Waals surface area contributed by atoms with Crippen LogP contribution in [-0.2, 0) is 6.42 Å². The molecule has 0 saturated heterocycles. The van der Waals surface area contributed by atoms with Crippen molar-refractivity contribution >= 4 is 17.4 Å². The number of aryl methyl sites for hydroxylation is 1. The van der Waals surface area contributed by atoms with Gasteiger partial charge in [0.25, 0.3) is 5.91 Å². The number of amides is 1. The highest BCUT2D eigenvalue weighted by Gasteiger charge is 2.10. The maximum Gasteiger partial charge on any atom is 0.270 e. The number of nitrogens with one attached hydrogen (secondary N) is 2. The molecule has 0 fully saturated rings. The molecule has 0 radical (unpaired) electrons. The summed E-state index contributed by atoms with van der Waals surface area (Å²) in [4.78, 5) is 20.8. The van der Waals surface area contributed by atoms with Crippen LogP contribution >= 0.6 is 0 Å². The smallest absolute Gasteiger partial charge is 0.270 e. The van der Waals surface area contributed by atoms with E-state index in [9.17, 15) is 9.18 Å². The molecule has 0 aliphatic carbocycles. The van der Waals surface area contributed by atoms with Crippen LogP contribution in [-0.4, -0.2) is 22.4 Å². The van der Waals surface area contributed by atoms with E-state index in [0.29, 0.717) is 23.9 Å². The van der Waals surface area contributed by atoms with Crippen molar-refractivity contribution in [3.05, 3.63) is 83.6 Å². The van der Waals surface area contributed by atoms with E-state index >= 15 is 0 Å². The molecule has 3 rings (SSSR count). The molecular weight excluding hydrogens is 331 g/mol. The van der Waals surface area contributed by atoms with Crippen LogP contribution in [0.2, 0.25) is 0 Å². The molecule has 1 aromatic heterocycles. The van der Waals surface area contributed by atoms with Crippen molar-refractivity contribution < 1.29 is 9.18 Å². The average Bonchev–Trinajstić information content (AvgIpc) is 2.64. The van der Waals surface area contributed by atoms with Crippen molar-refractivity contribution in [2.45, 2.75) is 13.3 Å². The zero-order valence-corrected chi connectivity index (χ0v) is 14.4. The van der Waals surface area contributed by atoms with E-state index in [1.54, 1.807) is 25.1 Å². The molecule has 0 aliphatic rings. The molecule has 0 aliphatic heterocycles. The molecule has 0 atom stereocenters. The van der Waals surface area contributed by atoms with Gasteiger partial charge in [0.05, 0.1) is 0 Å². The van der Waals surface area contributed by atoms with E-state index in [4.69, 9.17) is 0 Å². The lowest BCUT2D eigenvalue weighted by Gasteiger charge is -2.09. The Labute approximate surface area is 151 Å². The Bertz CT molecular complexity index is 882. The van der Waals surface area contributed by atoms with Crippen LogP contribution in [0.1, 0.15) is 21.9 Å². The molecule has 0 saturated carbocycles. The van der Waals surface area contributed by atoms with Gasteiger partial charge in [0.15, 0.2) is 0 Å². The third-order valence-electron chi connectivity index (χ3n) is 3.73. The zero-order valence-electron chi connectivity index (χ0n) is 14.4. The number of carbonyl (C=O) groups excluding carboxylic acids is 1. The summed E-state index contributed by atoms with van der Waals surface area (Å²) in [6.07, 6.45) is 0.747. The fraction of sp³-hybridized carbons (Fsp3) is 0.150. The predicted molar refractivity (Wildman–Crippen MR) is 98.9 cm³/mol. The first kappa shape index (κ1) is 17.5. The summed E-state index contributed by atoms with van der Waals surface area (Å²) in [6, 6.07) is 17.4. The normalized spacial score (nSPS) is 10.4. The second kappa shape index (κ2) is 8.20. The fourth-order valence-electron chi connectivity index (χ4n) is 2.48. The lowest BCUT2D eigenvalue weighted by atomic mass is 10.1. The maximum atomic E-state index is 13.0. The van der Waals surface area contributed by atoms with Gasteiger partial charge in [-0.2, -0.15) is 0 Å². The minimum Gasteiger partial charge on any atom is -0.350 e. The van der Waals surface area contributed by atoms with Crippen LogP contribution < -0.4 is 10.6 Å². The van der Waals surface area contributed by atoms with E-state index < -0.39 is 0 Å². The first-order chi connectivity index (χ1) is 12.6. The molecule has 1 amide bonds. The van der Waals surface area contributed by atoms with Crippen molar-refractivity contribution in [1.82, 2.24) is 15.3 Å². The Hall–Kier alpha value is -3.28. The summed E-state index contributed by atoms with van der Waals surface area (Å²) >= 11 is 0. The molecule has 26 heavy (non-hydrogen) atoms. The number of aromatic nitrogens is 2. The van der Waals surface area contributed by atoms with Crippen molar-refractivity contribution in [3.63, 3.8) is 0 Å². The number of halogens is 1.